The van der Waals surface area contributed by atoms with Crippen LogP contribution in [0.2, 0.25) is 0 Å². The number of Topliss-reactive ketones (excluding diaryl/α,β-unsaturated/α-hetero) is 1. The van der Waals surface area contributed by atoms with E-state index in [0.717, 1.165) is 38.9 Å². The molecular weight excluding hydrogens is 348 g/mol. The highest BCUT2D eigenvalue weighted by molar-refractivity contribution is 5.97. The summed E-state index contributed by atoms with van der Waals surface area (Å²) < 4.78 is 11.3. The Balaban J connectivity index is 1.45. The monoisotopic (exact) mass is 376 g/mol. The van der Waals surface area contributed by atoms with Crippen molar-refractivity contribution in [3.8, 4) is 11.5 Å². The predicted molar refractivity (Wildman–Crippen MR) is 100 cm³/mol. The lowest BCUT2D eigenvalue weighted by atomic mass is 9.91. The van der Waals surface area contributed by atoms with Crippen LogP contribution in [-0.2, 0) is 11.2 Å². The molecular formula is C20H28N2O5. The van der Waals surface area contributed by atoms with Crippen molar-refractivity contribution in [1.82, 2.24) is 10.2 Å². The van der Waals surface area contributed by atoms with Crippen molar-refractivity contribution in [2.75, 3.05) is 32.8 Å². The topological polar surface area (TPSA) is 88.1 Å². The largest absolute Gasteiger partial charge is 0.507 e. The Hall–Kier alpha value is -2.28. The van der Waals surface area contributed by atoms with Gasteiger partial charge in [-0.05, 0) is 31.9 Å². The van der Waals surface area contributed by atoms with E-state index >= 15 is 0 Å². The molecule has 2 aliphatic heterocycles. The molecule has 1 spiro atoms. The molecule has 0 bridgehead atoms. The third kappa shape index (κ3) is 4.35. The number of phenolic OH excluding ortho intramolecular Hbond substituents is 1. The van der Waals surface area contributed by atoms with Gasteiger partial charge in [0, 0.05) is 38.0 Å². The standard InChI is InChI=1S/C20H28N2O5/c1-3-15-17(6-5-16(14(2)23)18(15)24)26-12-4-9-22-10-7-20(8-11-22)13-21-19(25)27-20/h5-6,24H,3-4,7-13H2,1-2H3,(H,21,25). The molecule has 0 aromatic heterocycles. The first kappa shape index (κ1) is 19.5. The van der Waals surface area contributed by atoms with Crippen LogP contribution in [-0.4, -0.2) is 60.3 Å². The lowest BCUT2D eigenvalue weighted by Gasteiger charge is -2.37. The molecule has 7 heteroatoms. The van der Waals surface area contributed by atoms with E-state index in [1.54, 1.807) is 12.1 Å². The van der Waals surface area contributed by atoms with Crippen LogP contribution in [0.3, 0.4) is 0 Å². The van der Waals surface area contributed by atoms with Gasteiger partial charge in [0.25, 0.3) is 0 Å². The molecule has 7 nitrogen and oxygen atoms in total. The van der Waals surface area contributed by atoms with Gasteiger partial charge in [0.05, 0.1) is 18.7 Å². The first-order valence-electron chi connectivity index (χ1n) is 9.62. The van der Waals surface area contributed by atoms with Crippen LogP contribution in [0.15, 0.2) is 12.1 Å². The van der Waals surface area contributed by atoms with E-state index in [4.69, 9.17) is 9.47 Å². The van der Waals surface area contributed by atoms with Gasteiger partial charge in [0.15, 0.2) is 5.78 Å². The number of likely N-dealkylation sites (tertiary alicyclic amines) is 1. The van der Waals surface area contributed by atoms with Crippen molar-refractivity contribution >= 4 is 11.9 Å². The maximum Gasteiger partial charge on any atom is 0.407 e. The second-order valence-electron chi connectivity index (χ2n) is 7.32. The normalized spacial score (nSPS) is 19.0. The molecule has 0 saturated carbocycles. The molecule has 1 aromatic rings. The minimum atomic E-state index is -0.309. The summed E-state index contributed by atoms with van der Waals surface area (Å²) in [5, 5.41) is 13.0. The highest BCUT2D eigenvalue weighted by Gasteiger charge is 2.42. The quantitative estimate of drug-likeness (QED) is 0.562. The van der Waals surface area contributed by atoms with E-state index in [2.05, 4.69) is 10.2 Å². The van der Waals surface area contributed by atoms with Crippen LogP contribution in [0.4, 0.5) is 4.79 Å². The number of rotatable bonds is 7. The van der Waals surface area contributed by atoms with Crippen molar-refractivity contribution in [2.24, 2.45) is 0 Å². The summed E-state index contributed by atoms with van der Waals surface area (Å²) in [7, 11) is 0. The lowest BCUT2D eigenvalue weighted by Crippen LogP contribution is -2.46. The zero-order valence-electron chi connectivity index (χ0n) is 16.0. The Morgan fingerprint density at radius 3 is 2.70 bits per heavy atom. The summed E-state index contributed by atoms with van der Waals surface area (Å²) in [5.74, 6) is 0.518. The van der Waals surface area contributed by atoms with Gasteiger partial charge < -0.3 is 24.8 Å². The van der Waals surface area contributed by atoms with Gasteiger partial charge in [-0.3, -0.25) is 4.79 Å². The molecule has 0 radical (unpaired) electrons. The number of aromatic hydroxyl groups is 1. The molecule has 0 unspecified atom stereocenters. The van der Waals surface area contributed by atoms with Crippen molar-refractivity contribution < 1.29 is 24.2 Å². The molecule has 0 aliphatic carbocycles. The number of nitrogens with zero attached hydrogens (tertiary/aromatic N) is 1. The van der Waals surface area contributed by atoms with Crippen LogP contribution in [0.1, 0.15) is 49.0 Å². The predicted octanol–water partition coefficient (Wildman–Crippen LogP) is 2.50. The lowest BCUT2D eigenvalue weighted by molar-refractivity contribution is 0.000139. The summed E-state index contributed by atoms with van der Waals surface area (Å²) in [5.41, 5.74) is 0.706. The van der Waals surface area contributed by atoms with Gasteiger partial charge in [-0.1, -0.05) is 6.92 Å². The number of carbonyl (C=O) groups excluding carboxylic acids is 2. The molecule has 27 heavy (non-hydrogen) atoms. The van der Waals surface area contributed by atoms with E-state index in [1.807, 2.05) is 6.92 Å². The minimum Gasteiger partial charge on any atom is -0.507 e. The number of nitrogens with one attached hydrogen (secondary N) is 1. The molecule has 0 atom stereocenters. The van der Waals surface area contributed by atoms with Gasteiger partial charge in [0.1, 0.15) is 17.1 Å². The van der Waals surface area contributed by atoms with Crippen molar-refractivity contribution in [3.05, 3.63) is 23.3 Å². The maximum absolute atomic E-state index is 11.6. The summed E-state index contributed by atoms with van der Waals surface area (Å²) in [6.07, 6.45) is 2.87. The molecule has 1 amide bonds. The fraction of sp³-hybridized carbons (Fsp3) is 0.600. The average molecular weight is 376 g/mol. The number of benzene rings is 1. The highest BCUT2D eigenvalue weighted by Crippen LogP contribution is 2.32. The van der Waals surface area contributed by atoms with Crippen LogP contribution in [0.25, 0.3) is 0 Å². The first-order chi connectivity index (χ1) is 12.9. The number of hydrogen-bond donors (Lipinski definition) is 2. The second kappa shape index (κ2) is 8.17. The smallest absolute Gasteiger partial charge is 0.407 e. The number of amides is 1. The Morgan fingerprint density at radius 1 is 1.37 bits per heavy atom. The zero-order valence-corrected chi connectivity index (χ0v) is 16.0. The fourth-order valence-electron chi connectivity index (χ4n) is 3.81. The van der Waals surface area contributed by atoms with Crippen molar-refractivity contribution in [1.29, 1.82) is 0 Å². The highest BCUT2D eigenvalue weighted by atomic mass is 16.6. The Labute approximate surface area is 159 Å². The third-order valence-corrected chi connectivity index (χ3v) is 5.48. The zero-order chi connectivity index (χ0) is 19.4. The molecule has 2 heterocycles. The van der Waals surface area contributed by atoms with E-state index in [-0.39, 0.29) is 23.2 Å². The Kier molecular flexibility index (Phi) is 5.89. The minimum absolute atomic E-state index is 0.0311. The number of phenols is 1. The van der Waals surface area contributed by atoms with Crippen molar-refractivity contribution in [3.63, 3.8) is 0 Å². The number of ketones is 1. The summed E-state index contributed by atoms with van der Waals surface area (Å²) >= 11 is 0. The van der Waals surface area contributed by atoms with Gasteiger partial charge in [-0.15, -0.1) is 0 Å². The molecule has 2 N–H and O–H groups in total. The van der Waals surface area contributed by atoms with Gasteiger partial charge >= 0.3 is 6.09 Å². The van der Waals surface area contributed by atoms with Crippen molar-refractivity contribution in [2.45, 2.75) is 45.1 Å². The van der Waals surface area contributed by atoms with Crippen LogP contribution >= 0.6 is 0 Å². The molecule has 2 fully saturated rings. The van der Waals surface area contributed by atoms with Gasteiger partial charge in [0.2, 0.25) is 0 Å². The SMILES string of the molecule is CCc1c(OCCCN2CCC3(CC2)CNC(=O)O3)ccc(C(C)=O)c1O. The molecule has 3 rings (SSSR count). The van der Waals surface area contributed by atoms with Gasteiger partial charge in [-0.2, -0.15) is 0 Å². The number of piperidine rings is 1. The van der Waals surface area contributed by atoms with E-state index in [9.17, 15) is 14.7 Å². The van der Waals surface area contributed by atoms with E-state index in [1.165, 1.54) is 6.92 Å². The molecule has 2 aliphatic rings. The molecule has 1 aromatic carbocycles. The number of ether oxygens (including phenoxy) is 2. The summed E-state index contributed by atoms with van der Waals surface area (Å²) in [6, 6.07) is 3.38. The van der Waals surface area contributed by atoms with E-state index in [0.29, 0.717) is 36.4 Å². The molecule has 2 saturated heterocycles. The maximum atomic E-state index is 11.6. The van der Waals surface area contributed by atoms with Crippen LogP contribution in [0.5, 0.6) is 11.5 Å². The summed E-state index contributed by atoms with van der Waals surface area (Å²) in [4.78, 5) is 25.2. The molecule has 148 valence electrons. The fourth-order valence-corrected chi connectivity index (χ4v) is 3.81. The second-order valence-corrected chi connectivity index (χ2v) is 7.32. The first-order valence-corrected chi connectivity index (χ1v) is 9.62. The number of alkyl carbamates (subject to hydrolysis) is 1. The third-order valence-electron chi connectivity index (χ3n) is 5.48. The van der Waals surface area contributed by atoms with Crippen LogP contribution in [0, 0.1) is 0 Å². The summed E-state index contributed by atoms with van der Waals surface area (Å²) in [6.45, 7) is 7.26. The van der Waals surface area contributed by atoms with E-state index < -0.39 is 0 Å². The number of hydrogen-bond acceptors (Lipinski definition) is 6. The Bertz CT molecular complexity index is 711. The van der Waals surface area contributed by atoms with Gasteiger partial charge in [-0.25, -0.2) is 4.79 Å². The average Bonchev–Trinajstić information content (AvgIpc) is 3.00. The number of carbonyl (C=O) groups is 2. The Morgan fingerprint density at radius 2 is 2.11 bits per heavy atom. The van der Waals surface area contributed by atoms with Crippen LogP contribution < -0.4 is 10.1 Å².